The molecule has 0 radical (unpaired) electrons. The summed E-state index contributed by atoms with van der Waals surface area (Å²) in [6.45, 7) is 4.35. The molecule has 1 aliphatic heterocycles. The van der Waals surface area contributed by atoms with E-state index in [0.29, 0.717) is 6.04 Å². The van der Waals surface area contributed by atoms with Crippen molar-refractivity contribution in [3.8, 4) is 0 Å². The van der Waals surface area contributed by atoms with E-state index in [1.165, 1.54) is 33.2 Å². The van der Waals surface area contributed by atoms with Crippen LogP contribution in [0.15, 0.2) is 120 Å². The van der Waals surface area contributed by atoms with Crippen molar-refractivity contribution < 1.29 is 0 Å². The standard InChI is InChI=1S/C34H31N3/c1-3-32-31-23-26(27-20-19-25(2)35-24-27)21-22-33(31)37(36-32)34(28-13-7-4-8-14-28,29-15-9-5-10-16-29)30-17-11-6-12-18-30/h4-18,20-25H,3,19H2,1-2H3. The van der Waals surface area contributed by atoms with E-state index < -0.39 is 5.54 Å². The van der Waals surface area contributed by atoms with Gasteiger partial charge in [0.1, 0.15) is 5.54 Å². The van der Waals surface area contributed by atoms with Gasteiger partial charge >= 0.3 is 0 Å². The van der Waals surface area contributed by atoms with Crippen LogP contribution in [0.25, 0.3) is 16.5 Å². The van der Waals surface area contributed by atoms with Crippen LogP contribution in [-0.4, -0.2) is 22.0 Å². The predicted octanol–water partition coefficient (Wildman–Crippen LogP) is 7.69. The minimum Gasteiger partial charge on any atom is -0.289 e. The number of aromatic nitrogens is 2. The third kappa shape index (κ3) is 3.92. The number of aliphatic imine (C=N–C) groups is 1. The summed E-state index contributed by atoms with van der Waals surface area (Å²) in [5.74, 6) is 0. The largest absolute Gasteiger partial charge is 0.289 e. The number of fused-ring (bicyclic) bond motifs is 1. The van der Waals surface area contributed by atoms with Gasteiger partial charge in [0.25, 0.3) is 0 Å². The SMILES string of the molecule is CCc1nn(C(c2ccccc2)(c2ccccc2)c2ccccc2)c2ccc(C3=CCC(C)N=C3)cc12. The van der Waals surface area contributed by atoms with Gasteiger partial charge in [0, 0.05) is 11.6 Å². The van der Waals surface area contributed by atoms with E-state index in [4.69, 9.17) is 5.10 Å². The number of allylic oxidation sites excluding steroid dienone is 1. The molecule has 1 atom stereocenters. The summed E-state index contributed by atoms with van der Waals surface area (Å²) in [6.07, 6.45) is 6.15. The second kappa shape index (κ2) is 9.67. The van der Waals surface area contributed by atoms with Gasteiger partial charge in [0.15, 0.2) is 0 Å². The van der Waals surface area contributed by atoms with Gasteiger partial charge in [-0.2, -0.15) is 5.10 Å². The first-order valence-corrected chi connectivity index (χ1v) is 13.1. The zero-order valence-corrected chi connectivity index (χ0v) is 21.4. The van der Waals surface area contributed by atoms with Crippen molar-refractivity contribution in [3.63, 3.8) is 0 Å². The zero-order valence-electron chi connectivity index (χ0n) is 21.4. The molecule has 0 fully saturated rings. The van der Waals surface area contributed by atoms with Gasteiger partial charge in [-0.25, -0.2) is 4.68 Å². The normalized spacial score (nSPS) is 15.6. The van der Waals surface area contributed by atoms with Crippen LogP contribution < -0.4 is 0 Å². The molecule has 0 aliphatic carbocycles. The Morgan fingerprint density at radius 2 is 1.35 bits per heavy atom. The highest BCUT2D eigenvalue weighted by Crippen LogP contribution is 2.43. The highest BCUT2D eigenvalue weighted by Gasteiger charge is 2.40. The predicted molar refractivity (Wildman–Crippen MR) is 154 cm³/mol. The van der Waals surface area contributed by atoms with Gasteiger partial charge in [-0.1, -0.05) is 110 Å². The third-order valence-corrected chi connectivity index (χ3v) is 7.46. The van der Waals surface area contributed by atoms with E-state index >= 15 is 0 Å². The summed E-state index contributed by atoms with van der Waals surface area (Å²) in [5, 5.41) is 6.57. The molecule has 5 aromatic rings. The molecule has 3 nitrogen and oxygen atoms in total. The van der Waals surface area contributed by atoms with E-state index in [1.54, 1.807) is 0 Å². The first-order valence-electron chi connectivity index (χ1n) is 13.1. The number of rotatable bonds is 6. The summed E-state index contributed by atoms with van der Waals surface area (Å²) in [6, 6.07) is 39.4. The summed E-state index contributed by atoms with van der Waals surface area (Å²) in [4.78, 5) is 4.66. The molecule has 4 aromatic carbocycles. The number of nitrogens with zero attached hydrogens (tertiary/aromatic N) is 3. The molecule has 0 bridgehead atoms. The van der Waals surface area contributed by atoms with Crippen molar-refractivity contribution in [2.75, 3.05) is 0 Å². The van der Waals surface area contributed by atoms with Crippen LogP contribution in [0, 0.1) is 0 Å². The molecule has 0 N–H and O–H groups in total. The van der Waals surface area contributed by atoms with Gasteiger partial charge in [-0.3, -0.25) is 4.99 Å². The minimum atomic E-state index is -0.627. The lowest BCUT2D eigenvalue weighted by Gasteiger charge is -2.37. The Morgan fingerprint density at radius 3 is 1.84 bits per heavy atom. The van der Waals surface area contributed by atoms with Crippen molar-refractivity contribution in [2.45, 2.75) is 38.3 Å². The fourth-order valence-corrected chi connectivity index (χ4v) is 5.59. The Balaban J connectivity index is 1.68. The van der Waals surface area contributed by atoms with Crippen molar-refractivity contribution in [1.82, 2.24) is 9.78 Å². The molecular formula is C34H31N3. The number of benzene rings is 4. The Hall–Kier alpha value is -4.24. The minimum absolute atomic E-state index is 0.352. The molecule has 0 saturated carbocycles. The molecule has 182 valence electrons. The molecule has 0 amide bonds. The topological polar surface area (TPSA) is 30.2 Å². The lowest BCUT2D eigenvalue weighted by atomic mass is 9.77. The molecule has 2 heterocycles. The Kier molecular flexibility index (Phi) is 6.05. The van der Waals surface area contributed by atoms with Crippen LogP contribution >= 0.6 is 0 Å². The molecule has 37 heavy (non-hydrogen) atoms. The number of aryl methyl sites for hydroxylation is 1. The first-order chi connectivity index (χ1) is 18.2. The third-order valence-electron chi connectivity index (χ3n) is 7.46. The fourth-order valence-electron chi connectivity index (χ4n) is 5.59. The van der Waals surface area contributed by atoms with E-state index in [9.17, 15) is 0 Å². The van der Waals surface area contributed by atoms with Gasteiger partial charge in [-0.05, 0) is 59.7 Å². The van der Waals surface area contributed by atoms with Gasteiger partial charge in [0.2, 0.25) is 0 Å². The number of dihydropyridines is 1. The molecular weight excluding hydrogens is 450 g/mol. The quantitative estimate of drug-likeness (QED) is 0.229. The Labute approximate surface area is 218 Å². The Bertz CT molecular complexity index is 1480. The molecule has 1 aromatic heterocycles. The second-order valence-electron chi connectivity index (χ2n) is 9.77. The zero-order chi connectivity index (χ0) is 25.2. The maximum Gasteiger partial charge on any atom is 0.138 e. The maximum absolute atomic E-state index is 5.37. The van der Waals surface area contributed by atoms with Crippen LogP contribution in [-0.2, 0) is 12.0 Å². The van der Waals surface area contributed by atoms with Crippen LogP contribution in [0.4, 0.5) is 0 Å². The first kappa shape index (κ1) is 23.2. The lowest BCUT2D eigenvalue weighted by Crippen LogP contribution is -2.38. The molecule has 0 spiro atoms. The molecule has 1 aliphatic rings. The number of hydrogen-bond donors (Lipinski definition) is 0. The van der Waals surface area contributed by atoms with E-state index in [1.807, 2.05) is 6.21 Å². The van der Waals surface area contributed by atoms with Crippen LogP contribution in [0.5, 0.6) is 0 Å². The van der Waals surface area contributed by atoms with Crippen molar-refractivity contribution in [2.24, 2.45) is 4.99 Å². The summed E-state index contributed by atoms with van der Waals surface area (Å²) in [7, 11) is 0. The molecule has 3 heteroatoms. The van der Waals surface area contributed by atoms with Gasteiger partial charge < -0.3 is 0 Å². The highest BCUT2D eigenvalue weighted by molar-refractivity contribution is 6.11. The van der Waals surface area contributed by atoms with E-state index in [2.05, 4.69) is 139 Å². The summed E-state index contributed by atoms with van der Waals surface area (Å²) in [5.41, 5.74) is 7.53. The Morgan fingerprint density at radius 1 is 0.784 bits per heavy atom. The van der Waals surface area contributed by atoms with E-state index in [0.717, 1.165) is 24.1 Å². The summed E-state index contributed by atoms with van der Waals surface area (Å²) < 4.78 is 2.26. The van der Waals surface area contributed by atoms with Crippen LogP contribution in [0.3, 0.4) is 0 Å². The van der Waals surface area contributed by atoms with Crippen LogP contribution in [0.2, 0.25) is 0 Å². The summed E-state index contributed by atoms with van der Waals surface area (Å²) >= 11 is 0. The van der Waals surface area contributed by atoms with E-state index in [-0.39, 0.29) is 0 Å². The number of hydrogen-bond acceptors (Lipinski definition) is 2. The highest BCUT2D eigenvalue weighted by atomic mass is 15.3. The molecule has 0 saturated heterocycles. The second-order valence-corrected chi connectivity index (χ2v) is 9.77. The maximum atomic E-state index is 5.37. The van der Waals surface area contributed by atoms with Crippen LogP contribution in [0.1, 0.15) is 48.2 Å². The lowest BCUT2D eigenvalue weighted by molar-refractivity contribution is 0.471. The van der Waals surface area contributed by atoms with Gasteiger partial charge in [-0.15, -0.1) is 0 Å². The average molecular weight is 482 g/mol. The fraction of sp³-hybridized carbons (Fsp3) is 0.176. The smallest absolute Gasteiger partial charge is 0.138 e. The molecule has 1 unspecified atom stereocenters. The molecule has 6 rings (SSSR count). The monoisotopic (exact) mass is 481 g/mol. The average Bonchev–Trinajstić information content (AvgIpc) is 3.34. The van der Waals surface area contributed by atoms with Crippen molar-refractivity contribution >= 4 is 22.7 Å². The van der Waals surface area contributed by atoms with Crippen molar-refractivity contribution in [1.29, 1.82) is 0 Å². The van der Waals surface area contributed by atoms with Crippen molar-refractivity contribution in [3.05, 3.63) is 143 Å². The van der Waals surface area contributed by atoms with Gasteiger partial charge in [0.05, 0.1) is 17.3 Å².